The minimum absolute atomic E-state index is 0.146. The Balaban J connectivity index is 1.94. The molecular weight excluding hydrogens is 284 g/mol. The number of hydrogen-bond acceptors (Lipinski definition) is 4. The van der Waals surface area contributed by atoms with Crippen LogP contribution in [0.4, 0.5) is 4.79 Å². The average Bonchev–Trinajstić information content (AvgIpc) is 2.76. The zero-order valence-electron chi connectivity index (χ0n) is 13.7. The van der Waals surface area contributed by atoms with Gasteiger partial charge in [-0.25, -0.2) is 4.79 Å². The van der Waals surface area contributed by atoms with Gasteiger partial charge in [0.15, 0.2) is 0 Å². The Morgan fingerprint density at radius 3 is 2.73 bits per heavy atom. The first-order valence-corrected chi connectivity index (χ1v) is 7.67. The molecule has 0 radical (unpaired) electrons. The first-order chi connectivity index (χ1) is 10.4. The van der Waals surface area contributed by atoms with Crippen LogP contribution in [-0.2, 0) is 4.74 Å². The van der Waals surface area contributed by atoms with Gasteiger partial charge in [-0.2, -0.15) is 5.10 Å². The Labute approximate surface area is 130 Å². The number of ether oxygens (including phenoxy) is 1. The van der Waals surface area contributed by atoms with E-state index in [2.05, 4.69) is 10.4 Å². The molecule has 1 aliphatic heterocycles. The van der Waals surface area contributed by atoms with E-state index in [-0.39, 0.29) is 18.0 Å². The maximum Gasteiger partial charge on any atom is 0.409 e. The van der Waals surface area contributed by atoms with E-state index < -0.39 is 0 Å². The van der Waals surface area contributed by atoms with Crippen molar-refractivity contribution in [2.24, 2.45) is 0 Å². The maximum absolute atomic E-state index is 12.3. The molecule has 1 aromatic heterocycles. The van der Waals surface area contributed by atoms with Crippen molar-refractivity contribution >= 4 is 12.0 Å². The lowest BCUT2D eigenvalue weighted by atomic mass is 10.2. The summed E-state index contributed by atoms with van der Waals surface area (Å²) in [5.41, 5.74) is 2.21. The molecule has 1 aliphatic rings. The van der Waals surface area contributed by atoms with Crippen LogP contribution in [0, 0.1) is 13.8 Å². The average molecular weight is 308 g/mol. The number of rotatable bonds is 5. The molecule has 7 nitrogen and oxygen atoms in total. The zero-order chi connectivity index (χ0) is 16.3. The molecule has 0 spiro atoms. The number of hydrogen-bond donors (Lipinski definition) is 1. The Morgan fingerprint density at radius 2 is 2.14 bits per heavy atom. The van der Waals surface area contributed by atoms with Crippen molar-refractivity contribution in [1.29, 1.82) is 0 Å². The van der Waals surface area contributed by atoms with Gasteiger partial charge in [-0.1, -0.05) is 0 Å². The van der Waals surface area contributed by atoms with Gasteiger partial charge in [0.05, 0.1) is 17.9 Å². The van der Waals surface area contributed by atoms with Crippen molar-refractivity contribution in [2.75, 3.05) is 26.2 Å². The second-order valence-corrected chi connectivity index (χ2v) is 5.80. The van der Waals surface area contributed by atoms with Crippen molar-refractivity contribution in [2.45, 2.75) is 40.2 Å². The van der Waals surface area contributed by atoms with Gasteiger partial charge in [0.2, 0.25) is 0 Å². The number of amides is 2. The molecule has 2 heterocycles. The predicted molar refractivity (Wildman–Crippen MR) is 82.0 cm³/mol. The second-order valence-electron chi connectivity index (χ2n) is 5.80. The standard InChI is InChI=1S/C15H24N4O3/c1-10(2)19-12(4)13(11(3)17-19)14(20)16-6-8-18-7-5-9-22-15(18)21/h10H,5-9H2,1-4H3,(H,16,20). The van der Waals surface area contributed by atoms with Crippen LogP contribution in [0.1, 0.15) is 48.1 Å². The van der Waals surface area contributed by atoms with Crippen molar-refractivity contribution < 1.29 is 14.3 Å². The molecule has 0 atom stereocenters. The summed E-state index contributed by atoms with van der Waals surface area (Å²) in [5, 5.41) is 7.27. The molecule has 0 aliphatic carbocycles. The second kappa shape index (κ2) is 6.81. The summed E-state index contributed by atoms with van der Waals surface area (Å²) in [4.78, 5) is 25.5. The highest BCUT2D eigenvalue weighted by molar-refractivity contribution is 5.96. The third-order valence-corrected chi connectivity index (χ3v) is 3.76. The fraction of sp³-hybridized carbons (Fsp3) is 0.667. The van der Waals surface area contributed by atoms with Crippen LogP contribution in [0.5, 0.6) is 0 Å². The van der Waals surface area contributed by atoms with E-state index in [0.29, 0.717) is 31.8 Å². The molecule has 0 aromatic carbocycles. The normalized spacial score (nSPS) is 15.1. The summed E-state index contributed by atoms with van der Waals surface area (Å²) in [5.74, 6) is -0.146. The number of nitrogens with one attached hydrogen (secondary N) is 1. The quantitative estimate of drug-likeness (QED) is 0.897. The monoisotopic (exact) mass is 308 g/mol. The lowest BCUT2D eigenvalue weighted by Gasteiger charge is -2.26. The van der Waals surface area contributed by atoms with Crippen LogP contribution in [0.15, 0.2) is 0 Å². The van der Waals surface area contributed by atoms with Crippen LogP contribution < -0.4 is 5.32 Å². The van der Waals surface area contributed by atoms with Gasteiger partial charge in [0.25, 0.3) is 5.91 Å². The minimum atomic E-state index is -0.305. The van der Waals surface area contributed by atoms with Gasteiger partial charge in [-0.3, -0.25) is 9.48 Å². The Bertz CT molecular complexity index is 565. The van der Waals surface area contributed by atoms with Crippen molar-refractivity contribution in [3.63, 3.8) is 0 Å². The topological polar surface area (TPSA) is 76.5 Å². The van der Waals surface area contributed by atoms with E-state index in [1.54, 1.807) is 4.90 Å². The first-order valence-electron chi connectivity index (χ1n) is 7.67. The summed E-state index contributed by atoms with van der Waals surface area (Å²) >= 11 is 0. The van der Waals surface area contributed by atoms with E-state index in [0.717, 1.165) is 17.8 Å². The van der Waals surface area contributed by atoms with E-state index in [1.165, 1.54) is 0 Å². The predicted octanol–water partition coefficient (Wildman–Crippen LogP) is 1.65. The molecule has 1 N–H and O–H groups in total. The molecule has 1 fully saturated rings. The van der Waals surface area contributed by atoms with Crippen LogP contribution in [0.2, 0.25) is 0 Å². The molecule has 1 aromatic rings. The van der Waals surface area contributed by atoms with Crippen molar-refractivity contribution in [3.05, 3.63) is 17.0 Å². The number of aryl methyl sites for hydroxylation is 1. The highest BCUT2D eigenvalue weighted by Gasteiger charge is 2.21. The lowest BCUT2D eigenvalue weighted by molar-refractivity contribution is 0.0719. The van der Waals surface area contributed by atoms with Crippen LogP contribution in [0.3, 0.4) is 0 Å². The molecule has 7 heteroatoms. The fourth-order valence-corrected chi connectivity index (χ4v) is 2.69. The molecule has 22 heavy (non-hydrogen) atoms. The number of aromatic nitrogens is 2. The molecule has 2 rings (SSSR count). The maximum atomic E-state index is 12.3. The van der Waals surface area contributed by atoms with E-state index in [9.17, 15) is 9.59 Å². The molecule has 0 bridgehead atoms. The molecule has 1 saturated heterocycles. The van der Waals surface area contributed by atoms with Crippen molar-refractivity contribution in [1.82, 2.24) is 20.0 Å². The van der Waals surface area contributed by atoms with Crippen LogP contribution in [0.25, 0.3) is 0 Å². The smallest absolute Gasteiger partial charge is 0.409 e. The molecule has 0 saturated carbocycles. The summed E-state index contributed by atoms with van der Waals surface area (Å²) in [6.07, 6.45) is 0.527. The number of nitrogens with zero attached hydrogens (tertiary/aromatic N) is 3. The van der Waals surface area contributed by atoms with E-state index in [1.807, 2.05) is 32.4 Å². The summed E-state index contributed by atoms with van der Waals surface area (Å²) in [6.45, 7) is 9.82. The largest absolute Gasteiger partial charge is 0.449 e. The van der Waals surface area contributed by atoms with Gasteiger partial charge in [-0.05, 0) is 34.1 Å². The third kappa shape index (κ3) is 3.40. The summed E-state index contributed by atoms with van der Waals surface area (Å²) in [7, 11) is 0. The Hall–Kier alpha value is -2.05. The van der Waals surface area contributed by atoms with Gasteiger partial charge in [0.1, 0.15) is 0 Å². The summed E-state index contributed by atoms with van der Waals surface area (Å²) < 4.78 is 6.81. The highest BCUT2D eigenvalue weighted by atomic mass is 16.6. The molecule has 2 amide bonds. The van der Waals surface area contributed by atoms with Gasteiger partial charge in [-0.15, -0.1) is 0 Å². The summed E-state index contributed by atoms with van der Waals surface area (Å²) in [6, 6.07) is 0.211. The van der Waals surface area contributed by atoms with Crippen LogP contribution >= 0.6 is 0 Å². The molecular formula is C15H24N4O3. The van der Waals surface area contributed by atoms with Gasteiger partial charge < -0.3 is 15.0 Å². The first kappa shape index (κ1) is 16.3. The number of carbonyl (C=O) groups excluding carboxylic acids is 2. The van der Waals surface area contributed by atoms with E-state index >= 15 is 0 Å². The van der Waals surface area contributed by atoms with Gasteiger partial charge >= 0.3 is 6.09 Å². The fourth-order valence-electron chi connectivity index (χ4n) is 2.69. The number of cyclic esters (lactones) is 1. The third-order valence-electron chi connectivity index (χ3n) is 3.76. The molecule has 122 valence electrons. The Kier molecular flexibility index (Phi) is 5.05. The lowest BCUT2D eigenvalue weighted by Crippen LogP contribution is -2.42. The molecule has 0 unspecified atom stereocenters. The van der Waals surface area contributed by atoms with Gasteiger partial charge in [0, 0.05) is 31.4 Å². The SMILES string of the molecule is Cc1nn(C(C)C)c(C)c1C(=O)NCCN1CCCOC1=O. The minimum Gasteiger partial charge on any atom is -0.449 e. The highest BCUT2D eigenvalue weighted by Crippen LogP contribution is 2.16. The van der Waals surface area contributed by atoms with Crippen molar-refractivity contribution in [3.8, 4) is 0 Å². The zero-order valence-corrected chi connectivity index (χ0v) is 13.7. The van der Waals surface area contributed by atoms with Crippen LogP contribution in [-0.4, -0.2) is 52.9 Å². The number of carbonyl (C=O) groups is 2. The Morgan fingerprint density at radius 1 is 1.41 bits per heavy atom. The van der Waals surface area contributed by atoms with E-state index in [4.69, 9.17) is 4.74 Å².